The maximum atomic E-state index is 11.3. The van der Waals surface area contributed by atoms with E-state index in [9.17, 15) is 4.79 Å². The largest absolute Gasteiger partial charge is 0.513 e. The molecule has 0 aliphatic heterocycles. The second kappa shape index (κ2) is 6.42. The number of hydrogen-bond acceptors (Lipinski definition) is 5. The molecule has 0 aliphatic rings. The lowest BCUT2D eigenvalue weighted by Crippen LogP contribution is -2.05. The molecule has 0 saturated heterocycles. The van der Waals surface area contributed by atoms with E-state index >= 15 is 0 Å². The van der Waals surface area contributed by atoms with Crippen molar-refractivity contribution in [1.29, 1.82) is 0 Å². The van der Waals surface area contributed by atoms with Gasteiger partial charge in [0.2, 0.25) is 5.70 Å². The van der Waals surface area contributed by atoms with Gasteiger partial charge in [0.15, 0.2) is 0 Å². The number of aliphatic hydroxyl groups excluding tert-OH is 1. The predicted molar refractivity (Wildman–Crippen MR) is 63.0 cm³/mol. The van der Waals surface area contributed by atoms with E-state index in [2.05, 4.69) is 10.2 Å². The molecule has 1 aromatic carbocycles. The molecule has 0 aromatic heterocycles. The highest BCUT2D eigenvalue weighted by molar-refractivity contribution is 5.87. The summed E-state index contributed by atoms with van der Waals surface area (Å²) in [7, 11) is 0. The number of hydrogen-bond donors (Lipinski definition) is 1. The summed E-state index contributed by atoms with van der Waals surface area (Å²) in [4.78, 5) is 11.3. The summed E-state index contributed by atoms with van der Waals surface area (Å²) in [5.41, 5.74) is 1.34. The summed E-state index contributed by atoms with van der Waals surface area (Å²) >= 11 is 0. The molecule has 5 nitrogen and oxygen atoms in total. The molecular weight excluding hydrogens is 220 g/mol. The maximum absolute atomic E-state index is 11.3. The fraction of sp³-hybridized carbons (Fsp3) is 0.250. The lowest BCUT2D eigenvalue weighted by atomic mass is 10.2. The Balaban J connectivity index is 2.83. The molecule has 0 aliphatic carbocycles. The Bertz CT molecular complexity index is 453. The number of ether oxygens (including phenoxy) is 1. The third-order valence-electron chi connectivity index (χ3n) is 1.99. The van der Waals surface area contributed by atoms with E-state index in [0.29, 0.717) is 11.9 Å². The fourth-order valence-electron chi connectivity index (χ4n) is 1.11. The van der Waals surface area contributed by atoms with Crippen molar-refractivity contribution in [3.8, 4) is 0 Å². The van der Waals surface area contributed by atoms with E-state index < -0.39 is 5.97 Å². The van der Waals surface area contributed by atoms with E-state index in [1.807, 2.05) is 25.1 Å². The number of benzene rings is 1. The number of rotatable bonds is 4. The third-order valence-corrected chi connectivity index (χ3v) is 1.99. The van der Waals surface area contributed by atoms with E-state index in [1.165, 1.54) is 0 Å². The van der Waals surface area contributed by atoms with Crippen molar-refractivity contribution in [2.24, 2.45) is 10.2 Å². The van der Waals surface area contributed by atoms with Crippen LogP contribution in [0.1, 0.15) is 12.5 Å². The molecule has 0 heterocycles. The topological polar surface area (TPSA) is 71.2 Å². The summed E-state index contributed by atoms with van der Waals surface area (Å²) < 4.78 is 4.69. The normalized spacial score (nSPS) is 11.8. The van der Waals surface area contributed by atoms with Crippen molar-refractivity contribution in [3.05, 3.63) is 41.8 Å². The number of carbonyl (C=O) groups excluding carboxylic acids is 1. The van der Waals surface area contributed by atoms with Gasteiger partial charge in [-0.25, -0.2) is 4.79 Å². The molecule has 0 unspecified atom stereocenters. The van der Waals surface area contributed by atoms with Crippen LogP contribution in [0.2, 0.25) is 0 Å². The van der Waals surface area contributed by atoms with Gasteiger partial charge in [-0.2, -0.15) is 0 Å². The lowest BCUT2D eigenvalue weighted by Gasteiger charge is -2.00. The van der Waals surface area contributed by atoms with Crippen molar-refractivity contribution < 1.29 is 14.6 Å². The smallest absolute Gasteiger partial charge is 0.362 e. The van der Waals surface area contributed by atoms with Crippen LogP contribution in [0.25, 0.3) is 0 Å². The molecule has 0 spiro atoms. The second-order valence-corrected chi connectivity index (χ2v) is 3.22. The second-order valence-electron chi connectivity index (χ2n) is 3.22. The Labute approximate surface area is 99.4 Å². The highest BCUT2D eigenvalue weighted by Gasteiger charge is 2.09. The molecule has 0 amide bonds. The summed E-state index contributed by atoms with van der Waals surface area (Å²) in [6, 6.07) is 7.33. The van der Waals surface area contributed by atoms with E-state index in [1.54, 1.807) is 13.0 Å². The molecule has 0 radical (unpaired) electrons. The Morgan fingerprint density at radius 1 is 1.47 bits per heavy atom. The summed E-state index contributed by atoms with van der Waals surface area (Å²) in [6.07, 6.45) is 0.583. The zero-order valence-corrected chi connectivity index (χ0v) is 9.75. The average molecular weight is 234 g/mol. The third kappa shape index (κ3) is 3.71. The van der Waals surface area contributed by atoms with Crippen LogP contribution in [0, 0.1) is 6.92 Å². The first-order chi connectivity index (χ1) is 8.19. The minimum absolute atomic E-state index is 0.218. The zero-order chi connectivity index (χ0) is 12.7. The summed E-state index contributed by atoms with van der Waals surface area (Å²) in [6.45, 7) is 3.77. The van der Waals surface area contributed by atoms with Crippen molar-refractivity contribution in [1.82, 2.24) is 0 Å². The number of carbonyl (C=O) groups is 1. The Hall–Kier alpha value is -2.17. The van der Waals surface area contributed by atoms with E-state index in [4.69, 9.17) is 9.84 Å². The van der Waals surface area contributed by atoms with Gasteiger partial charge in [-0.1, -0.05) is 18.2 Å². The van der Waals surface area contributed by atoms with Gasteiger partial charge in [-0.3, -0.25) is 0 Å². The molecular formula is C12H14N2O3. The van der Waals surface area contributed by atoms with Gasteiger partial charge in [0.05, 0.1) is 12.3 Å². The Morgan fingerprint density at radius 3 is 2.76 bits per heavy atom. The van der Waals surface area contributed by atoms with Gasteiger partial charge in [0.25, 0.3) is 0 Å². The molecule has 90 valence electrons. The fourth-order valence-corrected chi connectivity index (χ4v) is 1.11. The van der Waals surface area contributed by atoms with Crippen LogP contribution in [0.4, 0.5) is 5.69 Å². The Kier molecular flexibility index (Phi) is 4.87. The van der Waals surface area contributed by atoms with Crippen molar-refractivity contribution in [3.63, 3.8) is 0 Å². The van der Waals surface area contributed by atoms with Crippen LogP contribution in [-0.2, 0) is 9.53 Å². The molecule has 0 atom stereocenters. The first-order valence-corrected chi connectivity index (χ1v) is 5.18. The average Bonchev–Trinajstić information content (AvgIpc) is 2.32. The van der Waals surface area contributed by atoms with Gasteiger partial charge >= 0.3 is 5.97 Å². The standard InChI is InChI=1S/C12H14N2O3/c1-3-17-12(16)11(8-15)14-13-10-7-5-4-6-9(10)2/h4-8,15H,3H2,1-2H3. The highest BCUT2D eigenvalue weighted by Crippen LogP contribution is 2.18. The monoisotopic (exact) mass is 234 g/mol. The van der Waals surface area contributed by atoms with Crippen LogP contribution >= 0.6 is 0 Å². The van der Waals surface area contributed by atoms with Crippen molar-refractivity contribution in [2.45, 2.75) is 13.8 Å². The van der Waals surface area contributed by atoms with Crippen molar-refractivity contribution >= 4 is 11.7 Å². The molecule has 0 bridgehead atoms. The van der Waals surface area contributed by atoms with Crippen LogP contribution in [0.3, 0.4) is 0 Å². The summed E-state index contributed by atoms with van der Waals surface area (Å²) in [5, 5.41) is 16.4. The van der Waals surface area contributed by atoms with Gasteiger partial charge in [-0.05, 0) is 25.5 Å². The minimum Gasteiger partial charge on any atom is -0.513 e. The van der Waals surface area contributed by atoms with Gasteiger partial charge < -0.3 is 9.84 Å². The number of azo groups is 1. The minimum atomic E-state index is -0.702. The van der Waals surface area contributed by atoms with Crippen LogP contribution in [-0.4, -0.2) is 17.7 Å². The molecule has 1 N–H and O–H groups in total. The lowest BCUT2D eigenvalue weighted by molar-refractivity contribution is -0.138. The molecule has 1 rings (SSSR count). The number of esters is 1. The zero-order valence-electron chi connectivity index (χ0n) is 9.75. The van der Waals surface area contributed by atoms with Crippen LogP contribution in [0.5, 0.6) is 0 Å². The SMILES string of the molecule is CCOC(=O)C(=CO)N=Nc1ccccc1C. The van der Waals surface area contributed by atoms with Gasteiger partial charge in [0, 0.05) is 0 Å². The highest BCUT2D eigenvalue weighted by atomic mass is 16.5. The molecule has 17 heavy (non-hydrogen) atoms. The maximum Gasteiger partial charge on any atom is 0.362 e. The first-order valence-electron chi connectivity index (χ1n) is 5.18. The summed E-state index contributed by atoms with van der Waals surface area (Å²) in [5.74, 6) is -0.702. The van der Waals surface area contributed by atoms with Crippen LogP contribution in [0.15, 0.2) is 46.5 Å². The van der Waals surface area contributed by atoms with E-state index in [-0.39, 0.29) is 12.3 Å². The predicted octanol–water partition coefficient (Wildman–Crippen LogP) is 3.04. The number of nitrogens with zero attached hydrogens (tertiary/aromatic N) is 2. The Morgan fingerprint density at radius 2 is 2.18 bits per heavy atom. The van der Waals surface area contributed by atoms with Gasteiger partial charge in [0.1, 0.15) is 6.26 Å². The van der Waals surface area contributed by atoms with E-state index in [0.717, 1.165) is 5.56 Å². The van der Waals surface area contributed by atoms with Gasteiger partial charge in [-0.15, -0.1) is 10.2 Å². The molecule has 0 saturated carbocycles. The van der Waals surface area contributed by atoms with Crippen LogP contribution < -0.4 is 0 Å². The molecule has 5 heteroatoms. The molecule has 1 aromatic rings. The molecule has 0 fully saturated rings. The number of aryl methyl sites for hydroxylation is 1. The number of aliphatic hydroxyl groups is 1. The van der Waals surface area contributed by atoms with Crippen molar-refractivity contribution in [2.75, 3.05) is 6.61 Å². The first kappa shape index (κ1) is 12.9. The quantitative estimate of drug-likeness (QED) is 0.376.